The number of Topliss-reactive ketones (excluding diaryl/α,β-unsaturated/α-hetero) is 2. The van der Waals surface area contributed by atoms with Gasteiger partial charge in [-0.2, -0.15) is 13.2 Å². The van der Waals surface area contributed by atoms with Crippen LogP contribution < -0.4 is 0 Å². The lowest BCUT2D eigenvalue weighted by Crippen LogP contribution is -2.49. The van der Waals surface area contributed by atoms with E-state index in [9.17, 15) is 36.0 Å². The van der Waals surface area contributed by atoms with Crippen LogP contribution in [0.5, 0.6) is 0 Å². The number of sulfonamides is 1. The van der Waals surface area contributed by atoms with Gasteiger partial charge in [0.25, 0.3) is 11.7 Å². The highest BCUT2D eigenvalue weighted by Gasteiger charge is 2.50. The highest BCUT2D eigenvalue weighted by atomic mass is 32.2. The molecule has 12 heteroatoms. The van der Waals surface area contributed by atoms with Crippen LogP contribution in [0.1, 0.15) is 26.2 Å². The molecule has 1 atom stereocenters. The van der Waals surface area contributed by atoms with Crippen molar-refractivity contribution in [1.29, 1.82) is 0 Å². The quantitative estimate of drug-likeness (QED) is 0.216. The van der Waals surface area contributed by atoms with E-state index in [1.54, 1.807) is 0 Å². The Bertz CT molecular complexity index is 704. The zero-order valence-electron chi connectivity index (χ0n) is 15.9. The first-order chi connectivity index (χ1) is 13.4. The molecule has 1 amide bonds. The summed E-state index contributed by atoms with van der Waals surface area (Å²) in [5, 5.41) is 0. The van der Waals surface area contributed by atoms with Gasteiger partial charge in [0.05, 0.1) is 31.5 Å². The molecule has 0 fully saturated rings. The van der Waals surface area contributed by atoms with E-state index >= 15 is 0 Å². The van der Waals surface area contributed by atoms with Crippen LogP contribution in [0.15, 0.2) is 25.7 Å². The Morgan fingerprint density at radius 2 is 1.55 bits per heavy atom. The maximum absolute atomic E-state index is 12.8. The molecule has 8 nitrogen and oxygen atoms in total. The average molecular weight is 443 g/mol. The fourth-order valence-electron chi connectivity index (χ4n) is 2.20. The minimum Gasteiger partial charge on any atom is -0.502 e. The van der Waals surface area contributed by atoms with E-state index in [1.165, 1.54) is 0 Å². The van der Waals surface area contributed by atoms with Crippen LogP contribution in [0.25, 0.3) is 0 Å². The summed E-state index contributed by atoms with van der Waals surface area (Å²) in [5.74, 6) is -9.13. The minimum absolute atomic E-state index is 0.0288. The van der Waals surface area contributed by atoms with Gasteiger partial charge in [-0.05, 0) is 19.8 Å². The predicted octanol–water partition coefficient (Wildman–Crippen LogP) is 1.97. The van der Waals surface area contributed by atoms with Gasteiger partial charge in [-0.25, -0.2) is 12.7 Å². The molecule has 0 aromatic carbocycles. The third kappa shape index (κ3) is 9.11. The summed E-state index contributed by atoms with van der Waals surface area (Å²) >= 11 is 0. The first kappa shape index (κ1) is 26.6. The number of rotatable bonds is 15. The highest BCUT2D eigenvalue weighted by Crippen LogP contribution is 2.24. The van der Waals surface area contributed by atoms with Gasteiger partial charge in [0.1, 0.15) is 5.78 Å². The summed E-state index contributed by atoms with van der Waals surface area (Å²) in [4.78, 5) is 35.6. The molecule has 166 valence electrons. The summed E-state index contributed by atoms with van der Waals surface area (Å²) in [6.07, 6.45) is -3.04. The molecule has 29 heavy (non-hydrogen) atoms. The minimum atomic E-state index is -5.48. The topological polar surface area (TPSA) is 107 Å². The van der Waals surface area contributed by atoms with Crippen molar-refractivity contribution in [2.24, 2.45) is 5.92 Å². The Hall–Kier alpha value is -2.37. The molecule has 0 saturated carbocycles. The second-order valence-electron chi connectivity index (χ2n) is 5.77. The largest absolute Gasteiger partial charge is 0.502 e. The number of hydrogen-bond acceptors (Lipinski definition) is 7. The SMILES string of the molecule is C=COCCCCS(=O)(=O)N(CCCOC=C)C(=O)C(C(C)=O)C(=O)C(F)(F)F. The van der Waals surface area contributed by atoms with E-state index in [1.807, 2.05) is 0 Å². The molecule has 0 aliphatic carbocycles. The molecule has 0 aliphatic rings. The molecule has 0 heterocycles. The highest BCUT2D eigenvalue weighted by molar-refractivity contribution is 7.89. The molecular weight excluding hydrogens is 419 g/mol. The summed E-state index contributed by atoms with van der Waals surface area (Å²) in [6, 6.07) is 0. The Morgan fingerprint density at radius 3 is 2.00 bits per heavy atom. The molecule has 0 saturated heterocycles. The van der Waals surface area contributed by atoms with Gasteiger partial charge in [0, 0.05) is 13.0 Å². The maximum Gasteiger partial charge on any atom is 0.451 e. The number of hydrogen-bond donors (Lipinski definition) is 0. The molecule has 0 N–H and O–H groups in total. The zero-order valence-corrected chi connectivity index (χ0v) is 16.8. The van der Waals surface area contributed by atoms with E-state index in [0.717, 1.165) is 12.5 Å². The average Bonchev–Trinajstić information content (AvgIpc) is 2.60. The fraction of sp³-hybridized carbons (Fsp3) is 0.588. The third-order valence-electron chi connectivity index (χ3n) is 3.55. The van der Waals surface area contributed by atoms with E-state index < -0.39 is 51.9 Å². The second-order valence-corrected chi connectivity index (χ2v) is 7.78. The van der Waals surface area contributed by atoms with Crippen molar-refractivity contribution >= 4 is 27.5 Å². The van der Waals surface area contributed by atoms with Crippen LogP contribution in [0.2, 0.25) is 0 Å². The monoisotopic (exact) mass is 443 g/mol. The van der Waals surface area contributed by atoms with Crippen molar-refractivity contribution in [1.82, 2.24) is 4.31 Å². The van der Waals surface area contributed by atoms with Gasteiger partial charge in [0.2, 0.25) is 10.0 Å². The van der Waals surface area contributed by atoms with Crippen LogP contribution in [-0.2, 0) is 33.9 Å². The number of halogens is 3. The number of amides is 1. The van der Waals surface area contributed by atoms with Crippen LogP contribution >= 0.6 is 0 Å². The van der Waals surface area contributed by atoms with Crippen molar-refractivity contribution < 1.29 is 45.4 Å². The summed E-state index contributed by atoms with van der Waals surface area (Å²) in [5.41, 5.74) is 0. The van der Waals surface area contributed by atoms with Gasteiger partial charge >= 0.3 is 6.18 Å². The lowest BCUT2D eigenvalue weighted by atomic mass is 9.98. The van der Waals surface area contributed by atoms with E-state index in [2.05, 4.69) is 13.2 Å². The number of carbonyl (C=O) groups is 3. The van der Waals surface area contributed by atoms with E-state index in [4.69, 9.17) is 9.47 Å². The number of carbonyl (C=O) groups excluding carboxylic acids is 3. The molecule has 0 aromatic heterocycles. The van der Waals surface area contributed by atoms with Gasteiger partial charge in [0.15, 0.2) is 5.92 Å². The molecular formula is C17H24F3NO7S. The van der Waals surface area contributed by atoms with Crippen molar-refractivity contribution in [3.63, 3.8) is 0 Å². The number of nitrogens with zero attached hydrogens (tertiary/aromatic N) is 1. The Kier molecular flexibility index (Phi) is 11.2. The second kappa shape index (κ2) is 12.2. The van der Waals surface area contributed by atoms with Crippen molar-refractivity contribution in [2.75, 3.05) is 25.5 Å². The fourth-order valence-corrected chi connectivity index (χ4v) is 3.78. The third-order valence-corrected chi connectivity index (χ3v) is 5.39. The molecule has 0 bridgehead atoms. The standard InChI is InChI=1S/C17H24F3NO7S/c1-4-27-10-6-7-12-29(25,26)21(9-8-11-28-5-2)16(24)14(13(3)22)15(23)17(18,19)20/h4-5,14H,1-2,6-12H2,3H3. The van der Waals surface area contributed by atoms with Crippen LogP contribution in [-0.4, -0.2) is 61.9 Å². The van der Waals surface area contributed by atoms with Gasteiger partial charge in [-0.15, -0.1) is 0 Å². The van der Waals surface area contributed by atoms with Crippen molar-refractivity contribution in [2.45, 2.75) is 32.4 Å². The molecule has 0 aromatic rings. The van der Waals surface area contributed by atoms with Crippen molar-refractivity contribution in [3.05, 3.63) is 25.7 Å². The van der Waals surface area contributed by atoms with Gasteiger partial charge in [-0.1, -0.05) is 13.2 Å². The van der Waals surface area contributed by atoms with E-state index in [-0.39, 0.29) is 36.8 Å². The Morgan fingerprint density at radius 1 is 1.03 bits per heavy atom. The molecule has 0 aliphatic heterocycles. The van der Waals surface area contributed by atoms with Crippen LogP contribution in [0.4, 0.5) is 13.2 Å². The summed E-state index contributed by atoms with van der Waals surface area (Å²) in [7, 11) is -4.40. The van der Waals surface area contributed by atoms with Crippen molar-refractivity contribution in [3.8, 4) is 0 Å². The molecule has 0 rings (SSSR count). The summed E-state index contributed by atoms with van der Waals surface area (Å²) in [6.45, 7) is 6.72. The zero-order chi connectivity index (χ0) is 22.7. The molecule has 0 radical (unpaired) electrons. The number of unbranched alkanes of at least 4 members (excludes halogenated alkanes) is 1. The van der Waals surface area contributed by atoms with Crippen LogP contribution in [0, 0.1) is 5.92 Å². The maximum atomic E-state index is 12.8. The first-order valence-electron chi connectivity index (χ1n) is 8.51. The Balaban J connectivity index is 5.61. The number of ketones is 2. The normalized spacial score (nSPS) is 12.6. The smallest absolute Gasteiger partial charge is 0.451 e. The summed E-state index contributed by atoms with van der Waals surface area (Å²) < 4.78 is 73.2. The molecule has 0 spiro atoms. The van der Waals surface area contributed by atoms with Gasteiger partial charge in [-0.3, -0.25) is 14.4 Å². The molecule has 1 unspecified atom stereocenters. The lowest BCUT2D eigenvalue weighted by Gasteiger charge is -2.26. The number of ether oxygens (including phenoxy) is 2. The number of alkyl halides is 3. The predicted molar refractivity (Wildman–Crippen MR) is 96.9 cm³/mol. The van der Waals surface area contributed by atoms with Gasteiger partial charge < -0.3 is 9.47 Å². The van der Waals surface area contributed by atoms with E-state index in [0.29, 0.717) is 6.92 Å². The first-order valence-corrected chi connectivity index (χ1v) is 10.1. The lowest BCUT2D eigenvalue weighted by molar-refractivity contribution is -0.178. The van der Waals surface area contributed by atoms with Crippen LogP contribution in [0.3, 0.4) is 0 Å². The Labute approximate surface area is 167 Å².